The molecule has 0 aliphatic rings. The number of hydrogen-bond acceptors (Lipinski definition) is 3. The van der Waals surface area contributed by atoms with Gasteiger partial charge in [0.25, 0.3) is 0 Å². The Kier molecular flexibility index (Phi) is 4.93. The molecule has 0 saturated carbocycles. The zero-order chi connectivity index (χ0) is 9.35. The van der Waals surface area contributed by atoms with Gasteiger partial charge in [0.15, 0.2) is 0 Å². The van der Waals surface area contributed by atoms with E-state index in [2.05, 4.69) is 0 Å². The van der Waals surface area contributed by atoms with Crippen LogP contribution in [-0.4, -0.2) is 13.0 Å². The maximum Gasteiger partial charge on any atom is 1.00 e. The fourth-order valence-corrected chi connectivity index (χ4v) is 2.21. The summed E-state index contributed by atoms with van der Waals surface area (Å²) in [4.78, 5) is -0.327. The first kappa shape index (κ1) is 13.4. The zero-order valence-corrected chi connectivity index (χ0v) is 10.8. The van der Waals surface area contributed by atoms with E-state index in [1.807, 2.05) is 0 Å². The molecule has 3 nitrogen and oxygen atoms in total. The van der Waals surface area contributed by atoms with Crippen LogP contribution in [-0.2, 0) is 10.1 Å². The van der Waals surface area contributed by atoms with Crippen LogP contribution >= 0.6 is 11.6 Å². The van der Waals surface area contributed by atoms with E-state index >= 15 is 0 Å². The van der Waals surface area contributed by atoms with Gasteiger partial charge in [-0.1, -0.05) is 23.7 Å². The van der Waals surface area contributed by atoms with E-state index in [0.717, 1.165) is 0 Å². The van der Waals surface area contributed by atoms with Crippen LogP contribution in [0.4, 0.5) is 0 Å². The van der Waals surface area contributed by atoms with Gasteiger partial charge in [0.05, 0.1) is 9.92 Å². The first-order valence-corrected chi connectivity index (χ1v) is 4.92. The van der Waals surface area contributed by atoms with Crippen molar-refractivity contribution in [1.29, 1.82) is 0 Å². The molecule has 0 aromatic heterocycles. The standard InChI is InChI=1S/C7H7ClO3S.Na/c1-5-3-2-4-6(8)7(5)12(9,10)11;/h2-4H,1H3,(H,9,10,11);/q;+1/p-1. The zero-order valence-electron chi connectivity index (χ0n) is 7.24. The summed E-state index contributed by atoms with van der Waals surface area (Å²) in [6, 6.07) is 4.49. The van der Waals surface area contributed by atoms with Crippen molar-refractivity contribution in [2.75, 3.05) is 0 Å². The maximum absolute atomic E-state index is 10.6. The predicted octanol–water partition coefficient (Wildman–Crippen LogP) is -1.44. The van der Waals surface area contributed by atoms with E-state index in [-0.39, 0.29) is 39.5 Å². The molecule has 0 atom stereocenters. The topological polar surface area (TPSA) is 57.2 Å². The van der Waals surface area contributed by atoms with Crippen molar-refractivity contribution in [3.63, 3.8) is 0 Å². The van der Waals surface area contributed by atoms with E-state index in [4.69, 9.17) is 11.6 Å². The Morgan fingerprint density at radius 3 is 2.23 bits per heavy atom. The molecule has 6 heteroatoms. The molecule has 0 aliphatic heterocycles. The Balaban J connectivity index is 0.00000144. The van der Waals surface area contributed by atoms with Crippen molar-refractivity contribution < 1.29 is 42.5 Å². The largest absolute Gasteiger partial charge is 1.00 e. The Morgan fingerprint density at radius 2 is 1.92 bits per heavy atom. The summed E-state index contributed by atoms with van der Waals surface area (Å²) in [6.45, 7) is 1.52. The van der Waals surface area contributed by atoms with E-state index in [1.165, 1.54) is 19.1 Å². The second-order valence-electron chi connectivity index (χ2n) is 2.34. The maximum atomic E-state index is 10.6. The molecule has 0 heterocycles. The van der Waals surface area contributed by atoms with Gasteiger partial charge in [-0.05, 0) is 18.6 Å². The van der Waals surface area contributed by atoms with Crippen LogP contribution in [0, 0.1) is 6.92 Å². The Morgan fingerprint density at radius 1 is 1.38 bits per heavy atom. The smallest absolute Gasteiger partial charge is 0.744 e. The van der Waals surface area contributed by atoms with Gasteiger partial charge >= 0.3 is 29.6 Å². The molecule has 0 N–H and O–H groups in total. The predicted molar refractivity (Wildman–Crippen MR) is 44.2 cm³/mol. The van der Waals surface area contributed by atoms with Crippen molar-refractivity contribution in [2.24, 2.45) is 0 Å². The SMILES string of the molecule is Cc1cccc(Cl)c1S(=O)(=O)[O-].[Na+]. The second-order valence-corrected chi connectivity index (χ2v) is 4.06. The third kappa shape index (κ3) is 3.23. The van der Waals surface area contributed by atoms with Crippen LogP contribution in [0.1, 0.15) is 5.56 Å². The molecule has 0 aliphatic carbocycles. The van der Waals surface area contributed by atoms with Crippen LogP contribution in [0.2, 0.25) is 5.02 Å². The van der Waals surface area contributed by atoms with Gasteiger partial charge in [-0.2, -0.15) is 0 Å². The van der Waals surface area contributed by atoms with Gasteiger partial charge in [0.2, 0.25) is 0 Å². The molecule has 1 aromatic rings. The van der Waals surface area contributed by atoms with Gasteiger partial charge in [-0.25, -0.2) is 8.42 Å². The molecular formula is C7H6ClNaO3S. The molecular weight excluding hydrogens is 223 g/mol. The second kappa shape index (κ2) is 4.77. The average molecular weight is 229 g/mol. The molecule has 1 aromatic carbocycles. The molecule has 66 valence electrons. The molecule has 0 fully saturated rings. The number of halogens is 1. The minimum atomic E-state index is -4.45. The Hall–Kier alpha value is 0.420. The minimum Gasteiger partial charge on any atom is -0.744 e. The molecule has 0 amide bonds. The number of hydrogen-bond donors (Lipinski definition) is 0. The van der Waals surface area contributed by atoms with Crippen LogP contribution < -0.4 is 29.6 Å². The van der Waals surface area contributed by atoms with Crippen molar-refractivity contribution in [3.05, 3.63) is 28.8 Å². The molecule has 0 saturated heterocycles. The summed E-state index contributed by atoms with van der Waals surface area (Å²) in [7, 11) is -4.45. The third-order valence-electron chi connectivity index (χ3n) is 1.41. The average Bonchev–Trinajstić information content (AvgIpc) is 1.82. The number of rotatable bonds is 1. The van der Waals surface area contributed by atoms with E-state index in [0.29, 0.717) is 5.56 Å². The van der Waals surface area contributed by atoms with E-state index in [1.54, 1.807) is 6.07 Å². The molecule has 0 spiro atoms. The van der Waals surface area contributed by atoms with Crippen LogP contribution in [0.3, 0.4) is 0 Å². The number of benzene rings is 1. The molecule has 1 rings (SSSR count). The van der Waals surface area contributed by atoms with Gasteiger partial charge in [-0.3, -0.25) is 0 Å². The summed E-state index contributed by atoms with van der Waals surface area (Å²) in [5.74, 6) is 0. The molecule has 0 bridgehead atoms. The Bertz CT molecular complexity index is 382. The molecule has 13 heavy (non-hydrogen) atoms. The van der Waals surface area contributed by atoms with Crippen LogP contribution in [0.15, 0.2) is 23.1 Å². The van der Waals surface area contributed by atoms with Gasteiger partial charge in [-0.15, -0.1) is 0 Å². The summed E-state index contributed by atoms with van der Waals surface area (Å²) in [5.41, 5.74) is 0.373. The monoisotopic (exact) mass is 228 g/mol. The first-order chi connectivity index (χ1) is 5.43. The van der Waals surface area contributed by atoms with Gasteiger partial charge in [0.1, 0.15) is 10.1 Å². The van der Waals surface area contributed by atoms with Crippen molar-refractivity contribution in [1.82, 2.24) is 0 Å². The summed E-state index contributed by atoms with van der Waals surface area (Å²) >= 11 is 5.53. The van der Waals surface area contributed by atoms with Crippen molar-refractivity contribution in [2.45, 2.75) is 11.8 Å². The fraction of sp³-hybridized carbons (Fsp3) is 0.143. The van der Waals surface area contributed by atoms with Crippen molar-refractivity contribution >= 4 is 21.7 Å². The van der Waals surface area contributed by atoms with Gasteiger partial charge < -0.3 is 4.55 Å². The van der Waals surface area contributed by atoms with Gasteiger partial charge in [0, 0.05) is 0 Å². The van der Waals surface area contributed by atoms with E-state index in [9.17, 15) is 13.0 Å². The quantitative estimate of drug-likeness (QED) is 0.437. The van der Waals surface area contributed by atoms with E-state index < -0.39 is 10.1 Å². The minimum absolute atomic E-state index is 0. The summed E-state index contributed by atoms with van der Waals surface area (Å²) < 4.78 is 31.9. The number of aryl methyl sites for hydroxylation is 1. The Labute approximate surface area is 104 Å². The molecule has 0 radical (unpaired) electrons. The third-order valence-corrected chi connectivity index (χ3v) is 2.88. The summed E-state index contributed by atoms with van der Waals surface area (Å²) in [6.07, 6.45) is 0. The fourth-order valence-electron chi connectivity index (χ4n) is 0.933. The normalized spacial score (nSPS) is 10.7. The van der Waals surface area contributed by atoms with Crippen LogP contribution in [0.25, 0.3) is 0 Å². The van der Waals surface area contributed by atoms with Crippen LogP contribution in [0.5, 0.6) is 0 Å². The first-order valence-electron chi connectivity index (χ1n) is 3.14. The summed E-state index contributed by atoms with van der Waals surface area (Å²) in [5, 5.41) is -0.0231. The molecule has 0 unspecified atom stereocenters. The van der Waals surface area contributed by atoms with Crippen molar-refractivity contribution in [3.8, 4) is 0 Å².